The predicted octanol–water partition coefficient (Wildman–Crippen LogP) is 7.83. The first kappa shape index (κ1) is 25.4. The van der Waals surface area contributed by atoms with Gasteiger partial charge >= 0.3 is 5.97 Å². The van der Waals surface area contributed by atoms with E-state index in [4.69, 9.17) is 5.11 Å². The zero-order valence-corrected chi connectivity index (χ0v) is 21.0. The van der Waals surface area contributed by atoms with E-state index < -0.39 is 5.97 Å². The molecule has 0 aliphatic carbocycles. The van der Waals surface area contributed by atoms with Crippen molar-refractivity contribution in [1.29, 1.82) is 0 Å². The number of alkyl halides is 4. The van der Waals surface area contributed by atoms with Crippen LogP contribution in [0.4, 0.5) is 0 Å². The van der Waals surface area contributed by atoms with Gasteiger partial charge in [0.1, 0.15) is 0 Å². The molecule has 0 aliphatic rings. The highest BCUT2D eigenvalue weighted by Gasteiger charge is 2.20. The number of aliphatic carboxylic acids is 1. The summed E-state index contributed by atoms with van der Waals surface area (Å²) >= 11 is 15.3. The molecular formula is C18H32Br4O2. The highest BCUT2D eigenvalue weighted by atomic mass is 79.9. The highest BCUT2D eigenvalue weighted by molar-refractivity contribution is 9.12. The molecule has 2 nitrogen and oxygen atoms in total. The second kappa shape index (κ2) is 16.6. The monoisotopic (exact) mass is 596 g/mol. The van der Waals surface area contributed by atoms with Crippen LogP contribution >= 0.6 is 63.7 Å². The van der Waals surface area contributed by atoms with Crippen molar-refractivity contribution in [3.63, 3.8) is 0 Å². The maximum Gasteiger partial charge on any atom is 0.303 e. The Hall–Kier alpha value is 1.39. The molecule has 0 radical (unpaired) electrons. The molecule has 0 rings (SSSR count). The first-order valence-electron chi connectivity index (χ1n) is 9.16. The number of hydrogen-bond acceptors (Lipinski definition) is 1. The molecule has 4 unspecified atom stereocenters. The second-order valence-corrected chi connectivity index (χ2v) is 11.2. The molecule has 24 heavy (non-hydrogen) atoms. The standard InChI is InChI=1S/C18H32Br4O2/c1-2-3-9-14(19)16(21)12-13-17(22)15(20)10-7-5-4-6-8-11-18(23)24/h14-17H,2-13H2,1H3,(H,23,24). The Morgan fingerprint density at radius 1 is 0.708 bits per heavy atom. The number of rotatable bonds is 16. The van der Waals surface area contributed by atoms with E-state index in [9.17, 15) is 4.79 Å². The fraction of sp³-hybridized carbons (Fsp3) is 0.944. The summed E-state index contributed by atoms with van der Waals surface area (Å²) in [6, 6.07) is 0. The molecule has 0 saturated carbocycles. The summed E-state index contributed by atoms with van der Waals surface area (Å²) in [6.07, 6.45) is 13.0. The number of carboxylic acid groups (broad SMARTS) is 1. The summed E-state index contributed by atoms with van der Waals surface area (Å²) in [7, 11) is 0. The molecule has 0 fully saturated rings. The number of unbranched alkanes of at least 4 members (excludes halogenated alkanes) is 5. The van der Waals surface area contributed by atoms with Gasteiger partial charge in [-0.15, -0.1) is 0 Å². The molecule has 0 aromatic rings. The molecule has 0 spiro atoms. The minimum absolute atomic E-state index is 0.311. The van der Waals surface area contributed by atoms with Crippen LogP contribution in [0, 0.1) is 0 Å². The summed E-state index contributed by atoms with van der Waals surface area (Å²) in [5.74, 6) is -0.678. The van der Waals surface area contributed by atoms with Gasteiger partial charge in [0.05, 0.1) is 0 Å². The van der Waals surface area contributed by atoms with E-state index in [1.54, 1.807) is 0 Å². The summed E-state index contributed by atoms with van der Waals surface area (Å²) in [4.78, 5) is 12.6. The topological polar surface area (TPSA) is 37.3 Å². The van der Waals surface area contributed by atoms with Gasteiger partial charge in [-0.3, -0.25) is 4.79 Å². The SMILES string of the molecule is CCCCC(Br)C(Br)CCC(Br)C(Br)CCCCCCCC(=O)O. The Kier molecular flexibility index (Phi) is 17.5. The zero-order chi connectivity index (χ0) is 18.4. The van der Waals surface area contributed by atoms with Crippen LogP contribution in [0.5, 0.6) is 0 Å². The molecule has 0 aliphatic heterocycles. The van der Waals surface area contributed by atoms with Crippen LogP contribution in [0.25, 0.3) is 0 Å². The van der Waals surface area contributed by atoms with E-state index in [1.807, 2.05) is 0 Å². The van der Waals surface area contributed by atoms with Crippen LogP contribution in [0.3, 0.4) is 0 Å². The first-order valence-corrected chi connectivity index (χ1v) is 12.8. The summed E-state index contributed by atoms with van der Waals surface area (Å²) in [5, 5.41) is 8.60. The lowest BCUT2D eigenvalue weighted by Crippen LogP contribution is -2.19. The Morgan fingerprint density at radius 2 is 1.12 bits per heavy atom. The van der Waals surface area contributed by atoms with Gasteiger partial charge in [-0.05, 0) is 32.1 Å². The largest absolute Gasteiger partial charge is 0.481 e. The van der Waals surface area contributed by atoms with Gasteiger partial charge in [0, 0.05) is 25.7 Å². The molecule has 4 atom stereocenters. The number of carbonyl (C=O) groups is 1. The van der Waals surface area contributed by atoms with E-state index in [2.05, 4.69) is 70.6 Å². The molecule has 0 saturated heterocycles. The molecule has 1 N–H and O–H groups in total. The molecule has 0 aromatic heterocycles. The van der Waals surface area contributed by atoms with Crippen molar-refractivity contribution in [3.8, 4) is 0 Å². The number of halogens is 4. The fourth-order valence-corrected chi connectivity index (χ4v) is 4.82. The minimum atomic E-state index is -0.678. The van der Waals surface area contributed by atoms with Gasteiger partial charge in [0.2, 0.25) is 0 Å². The van der Waals surface area contributed by atoms with Crippen LogP contribution < -0.4 is 0 Å². The summed E-state index contributed by atoms with van der Waals surface area (Å²) in [5.41, 5.74) is 0. The van der Waals surface area contributed by atoms with Gasteiger partial charge in [0.25, 0.3) is 0 Å². The van der Waals surface area contributed by atoms with Gasteiger partial charge in [-0.25, -0.2) is 0 Å². The van der Waals surface area contributed by atoms with Crippen LogP contribution in [0.15, 0.2) is 0 Å². The van der Waals surface area contributed by atoms with Crippen molar-refractivity contribution in [1.82, 2.24) is 0 Å². The molecule has 6 heteroatoms. The molecule has 0 bridgehead atoms. The Balaban J connectivity index is 3.68. The lowest BCUT2D eigenvalue weighted by molar-refractivity contribution is -0.137. The summed E-state index contributed by atoms with van der Waals surface area (Å²) < 4.78 is 0. The maximum absolute atomic E-state index is 10.4. The third-order valence-corrected chi connectivity index (χ3v) is 10.0. The smallest absolute Gasteiger partial charge is 0.303 e. The van der Waals surface area contributed by atoms with Gasteiger partial charge in [-0.2, -0.15) is 0 Å². The Morgan fingerprint density at radius 3 is 1.62 bits per heavy atom. The van der Waals surface area contributed by atoms with E-state index in [0.29, 0.717) is 25.7 Å². The molecule has 144 valence electrons. The lowest BCUT2D eigenvalue weighted by atomic mass is 10.0. The molecule has 0 heterocycles. The lowest BCUT2D eigenvalue weighted by Gasteiger charge is -2.21. The highest BCUT2D eigenvalue weighted by Crippen LogP contribution is 2.29. The predicted molar refractivity (Wildman–Crippen MR) is 120 cm³/mol. The van der Waals surface area contributed by atoms with Crippen molar-refractivity contribution in [2.45, 2.75) is 103 Å². The second-order valence-electron chi connectivity index (χ2n) is 6.48. The van der Waals surface area contributed by atoms with Gasteiger partial charge < -0.3 is 5.11 Å². The average Bonchev–Trinajstić information content (AvgIpc) is 2.55. The van der Waals surface area contributed by atoms with Gasteiger partial charge in [-0.1, -0.05) is 109 Å². The van der Waals surface area contributed by atoms with E-state index >= 15 is 0 Å². The van der Waals surface area contributed by atoms with E-state index in [0.717, 1.165) is 19.3 Å². The van der Waals surface area contributed by atoms with Crippen LogP contribution in [-0.4, -0.2) is 30.4 Å². The molecule has 0 aromatic carbocycles. The fourth-order valence-electron chi connectivity index (χ4n) is 2.59. The van der Waals surface area contributed by atoms with Crippen LogP contribution in [0.1, 0.15) is 84.0 Å². The molecule has 0 amide bonds. The van der Waals surface area contributed by atoms with Crippen molar-refractivity contribution >= 4 is 69.7 Å². The zero-order valence-electron chi connectivity index (χ0n) is 14.7. The van der Waals surface area contributed by atoms with Crippen LogP contribution in [-0.2, 0) is 4.79 Å². The quantitative estimate of drug-likeness (QED) is 0.145. The summed E-state index contributed by atoms with van der Waals surface area (Å²) in [6.45, 7) is 2.24. The Bertz CT molecular complexity index is 315. The number of carboxylic acids is 1. The first-order chi connectivity index (χ1) is 11.4. The Labute approximate surface area is 181 Å². The minimum Gasteiger partial charge on any atom is -0.481 e. The third-order valence-electron chi connectivity index (χ3n) is 4.21. The van der Waals surface area contributed by atoms with Gasteiger partial charge in [0.15, 0.2) is 0 Å². The average molecular weight is 600 g/mol. The van der Waals surface area contributed by atoms with E-state index in [-0.39, 0.29) is 0 Å². The number of hydrogen-bond donors (Lipinski definition) is 1. The van der Waals surface area contributed by atoms with Crippen molar-refractivity contribution in [2.75, 3.05) is 0 Å². The van der Waals surface area contributed by atoms with Crippen molar-refractivity contribution in [2.24, 2.45) is 0 Å². The van der Waals surface area contributed by atoms with Crippen molar-refractivity contribution < 1.29 is 9.90 Å². The maximum atomic E-state index is 10.4. The van der Waals surface area contributed by atoms with Crippen LogP contribution in [0.2, 0.25) is 0 Å². The normalized spacial score (nSPS) is 16.5. The third kappa shape index (κ3) is 14.5. The molecular weight excluding hydrogens is 568 g/mol. The van der Waals surface area contributed by atoms with E-state index in [1.165, 1.54) is 51.4 Å². The van der Waals surface area contributed by atoms with Crippen molar-refractivity contribution in [3.05, 3.63) is 0 Å².